The highest BCUT2D eigenvalue weighted by Crippen LogP contribution is 2.36. The maximum Gasteiger partial charge on any atom is 0.259 e. The SMILES string of the molecule is Cn1cc(C(=O)N2CCCC2)c(O)c1-c1nc2cc(NC(=O)C3CC3)ccc2n1C. The van der Waals surface area contributed by atoms with E-state index < -0.39 is 0 Å². The molecule has 2 N–H and O–H groups in total. The third-order valence-electron chi connectivity index (χ3n) is 6.09. The number of nitrogens with zero attached hydrogens (tertiary/aromatic N) is 4. The van der Waals surface area contributed by atoms with Crippen molar-refractivity contribution in [2.24, 2.45) is 20.0 Å². The van der Waals surface area contributed by atoms with Crippen molar-refractivity contribution in [2.45, 2.75) is 25.7 Å². The fourth-order valence-corrected chi connectivity index (χ4v) is 4.20. The number of nitrogens with one attached hydrogen (secondary N) is 1. The van der Waals surface area contributed by atoms with Crippen molar-refractivity contribution in [1.29, 1.82) is 0 Å². The second-order valence-corrected chi connectivity index (χ2v) is 8.31. The van der Waals surface area contributed by atoms with Gasteiger partial charge in [0.05, 0.1) is 16.6 Å². The lowest BCUT2D eigenvalue weighted by atomic mass is 10.2. The van der Waals surface area contributed by atoms with Gasteiger partial charge >= 0.3 is 0 Å². The predicted molar refractivity (Wildman–Crippen MR) is 113 cm³/mol. The first-order valence-corrected chi connectivity index (χ1v) is 10.4. The van der Waals surface area contributed by atoms with Crippen LogP contribution in [0.25, 0.3) is 22.6 Å². The van der Waals surface area contributed by atoms with Gasteiger partial charge in [0.1, 0.15) is 5.69 Å². The number of anilines is 1. The van der Waals surface area contributed by atoms with E-state index in [2.05, 4.69) is 5.32 Å². The van der Waals surface area contributed by atoms with Crippen molar-refractivity contribution in [3.8, 4) is 17.3 Å². The van der Waals surface area contributed by atoms with Crippen LogP contribution in [0.15, 0.2) is 24.4 Å². The van der Waals surface area contributed by atoms with Gasteiger partial charge in [-0.3, -0.25) is 9.59 Å². The summed E-state index contributed by atoms with van der Waals surface area (Å²) in [5, 5.41) is 13.9. The highest BCUT2D eigenvalue weighted by molar-refractivity contribution is 6.00. The van der Waals surface area contributed by atoms with Crippen molar-refractivity contribution >= 4 is 28.5 Å². The van der Waals surface area contributed by atoms with Crippen LogP contribution in [0, 0.1) is 5.92 Å². The Bertz CT molecular complexity index is 1170. The van der Waals surface area contributed by atoms with E-state index in [-0.39, 0.29) is 23.5 Å². The van der Waals surface area contributed by atoms with Crippen LogP contribution in [0.5, 0.6) is 5.75 Å². The zero-order chi connectivity index (χ0) is 21.0. The third kappa shape index (κ3) is 3.03. The molecule has 2 aliphatic rings. The molecule has 8 nitrogen and oxygen atoms in total. The predicted octanol–water partition coefficient (Wildman–Crippen LogP) is 2.87. The Morgan fingerprint density at radius 3 is 2.60 bits per heavy atom. The van der Waals surface area contributed by atoms with Crippen LogP contribution in [0.3, 0.4) is 0 Å². The molecule has 0 spiro atoms. The van der Waals surface area contributed by atoms with Gasteiger partial charge in [-0.1, -0.05) is 0 Å². The van der Waals surface area contributed by atoms with Gasteiger partial charge in [0.15, 0.2) is 11.6 Å². The van der Waals surface area contributed by atoms with Crippen molar-refractivity contribution in [3.05, 3.63) is 30.0 Å². The van der Waals surface area contributed by atoms with Crippen molar-refractivity contribution < 1.29 is 14.7 Å². The number of amides is 2. The molecule has 3 heterocycles. The van der Waals surface area contributed by atoms with Gasteiger partial charge in [-0.2, -0.15) is 0 Å². The number of aromatic hydroxyl groups is 1. The fourth-order valence-electron chi connectivity index (χ4n) is 4.20. The van der Waals surface area contributed by atoms with Crippen LogP contribution in [0.4, 0.5) is 5.69 Å². The molecule has 1 aliphatic carbocycles. The summed E-state index contributed by atoms with van der Waals surface area (Å²) >= 11 is 0. The number of benzene rings is 1. The summed E-state index contributed by atoms with van der Waals surface area (Å²) in [6.45, 7) is 1.45. The third-order valence-corrected chi connectivity index (χ3v) is 6.09. The zero-order valence-corrected chi connectivity index (χ0v) is 17.2. The van der Waals surface area contributed by atoms with Gasteiger partial charge < -0.3 is 24.5 Å². The number of carbonyl (C=O) groups excluding carboxylic acids is 2. The summed E-state index contributed by atoms with van der Waals surface area (Å²) in [6, 6.07) is 5.61. The van der Waals surface area contributed by atoms with Crippen LogP contribution in [-0.4, -0.2) is 49.0 Å². The molecule has 2 fully saturated rings. The zero-order valence-electron chi connectivity index (χ0n) is 17.2. The number of hydrogen-bond acceptors (Lipinski definition) is 4. The Hall–Kier alpha value is -3.29. The molecule has 0 unspecified atom stereocenters. The Morgan fingerprint density at radius 1 is 1.17 bits per heavy atom. The Morgan fingerprint density at radius 2 is 1.90 bits per heavy atom. The molecule has 1 saturated heterocycles. The average molecular weight is 407 g/mol. The van der Waals surface area contributed by atoms with E-state index in [1.54, 1.807) is 22.7 Å². The Kier molecular flexibility index (Phi) is 4.30. The van der Waals surface area contributed by atoms with E-state index in [1.165, 1.54) is 0 Å². The van der Waals surface area contributed by atoms with E-state index in [9.17, 15) is 14.7 Å². The van der Waals surface area contributed by atoms with E-state index in [0.717, 1.165) is 44.3 Å². The van der Waals surface area contributed by atoms with Gasteiger partial charge in [-0.05, 0) is 43.9 Å². The number of aromatic nitrogens is 3. The molecule has 1 aromatic carbocycles. The standard InChI is InChI=1S/C22H25N5O3/c1-25-12-15(22(30)27-9-3-4-10-27)19(28)18(25)20-24-16-11-14(7-8-17(16)26(20)2)23-21(29)13-5-6-13/h7-8,11-13,28H,3-6,9-10H2,1-2H3,(H,23,29). The first-order chi connectivity index (χ1) is 14.4. The van der Waals surface area contributed by atoms with Gasteiger partial charge in [0.25, 0.3) is 5.91 Å². The molecule has 1 aliphatic heterocycles. The van der Waals surface area contributed by atoms with Crippen molar-refractivity contribution in [2.75, 3.05) is 18.4 Å². The number of carbonyl (C=O) groups is 2. The summed E-state index contributed by atoms with van der Waals surface area (Å²) in [4.78, 5) is 31.4. The second-order valence-electron chi connectivity index (χ2n) is 8.31. The molecule has 2 aromatic heterocycles. The summed E-state index contributed by atoms with van der Waals surface area (Å²) in [5.41, 5.74) is 3.11. The van der Waals surface area contributed by atoms with Crippen LogP contribution in [0.1, 0.15) is 36.0 Å². The van der Waals surface area contributed by atoms with Gasteiger partial charge in [0.2, 0.25) is 5.91 Å². The Balaban J connectivity index is 1.51. The minimum absolute atomic E-state index is 0.0462. The quantitative estimate of drug-likeness (QED) is 0.696. The van der Waals surface area contributed by atoms with Crippen molar-refractivity contribution in [3.63, 3.8) is 0 Å². The molecule has 0 bridgehead atoms. The maximum absolute atomic E-state index is 12.8. The number of fused-ring (bicyclic) bond motifs is 1. The first-order valence-electron chi connectivity index (χ1n) is 10.4. The van der Waals surface area contributed by atoms with E-state index in [1.807, 2.05) is 29.8 Å². The monoisotopic (exact) mass is 407 g/mol. The van der Waals surface area contributed by atoms with E-state index in [0.29, 0.717) is 28.3 Å². The summed E-state index contributed by atoms with van der Waals surface area (Å²) < 4.78 is 3.64. The second kappa shape index (κ2) is 6.90. The molecule has 0 atom stereocenters. The van der Waals surface area contributed by atoms with Gasteiger partial charge in [-0.25, -0.2) is 4.98 Å². The Labute approximate surface area is 174 Å². The highest BCUT2D eigenvalue weighted by atomic mass is 16.3. The molecule has 2 amide bonds. The minimum Gasteiger partial charge on any atom is -0.505 e. The molecule has 30 heavy (non-hydrogen) atoms. The summed E-state index contributed by atoms with van der Waals surface area (Å²) in [7, 11) is 3.68. The largest absolute Gasteiger partial charge is 0.505 e. The summed E-state index contributed by atoms with van der Waals surface area (Å²) in [6.07, 6.45) is 5.57. The number of hydrogen-bond donors (Lipinski definition) is 2. The smallest absolute Gasteiger partial charge is 0.259 e. The molecule has 3 aromatic rings. The van der Waals surface area contributed by atoms with Crippen LogP contribution >= 0.6 is 0 Å². The molecule has 156 valence electrons. The summed E-state index contributed by atoms with van der Waals surface area (Å²) in [5.74, 6) is 0.560. The lowest BCUT2D eigenvalue weighted by molar-refractivity contribution is -0.117. The number of aryl methyl sites for hydroxylation is 2. The van der Waals surface area contributed by atoms with Crippen LogP contribution < -0.4 is 5.32 Å². The minimum atomic E-state index is -0.143. The van der Waals surface area contributed by atoms with Gasteiger partial charge in [-0.15, -0.1) is 0 Å². The lowest BCUT2D eigenvalue weighted by Crippen LogP contribution is -2.27. The molecular weight excluding hydrogens is 382 g/mol. The molecule has 5 rings (SSSR count). The van der Waals surface area contributed by atoms with E-state index in [4.69, 9.17) is 4.98 Å². The van der Waals surface area contributed by atoms with E-state index >= 15 is 0 Å². The van der Waals surface area contributed by atoms with Gasteiger partial charge in [0, 0.05) is 45.0 Å². The number of imidazole rings is 1. The lowest BCUT2D eigenvalue weighted by Gasteiger charge is -2.14. The number of rotatable bonds is 4. The molecule has 8 heteroatoms. The van der Waals surface area contributed by atoms with Crippen LogP contribution in [0.2, 0.25) is 0 Å². The maximum atomic E-state index is 12.8. The van der Waals surface area contributed by atoms with Crippen LogP contribution in [-0.2, 0) is 18.9 Å². The molecule has 1 saturated carbocycles. The molecular formula is C22H25N5O3. The normalized spacial score (nSPS) is 16.4. The molecule has 0 radical (unpaired) electrons. The van der Waals surface area contributed by atoms with Crippen molar-refractivity contribution in [1.82, 2.24) is 19.0 Å². The fraction of sp³-hybridized carbons (Fsp3) is 0.409. The highest BCUT2D eigenvalue weighted by Gasteiger charge is 2.30. The average Bonchev–Trinajstić information content (AvgIpc) is 3.23. The number of likely N-dealkylation sites (tertiary alicyclic amines) is 1. The topological polar surface area (TPSA) is 92.4 Å². The first kappa shape index (κ1) is 18.7.